The van der Waals surface area contributed by atoms with Gasteiger partial charge in [-0.15, -0.1) is 0 Å². The molecular weight excluding hydrogens is 252 g/mol. The fraction of sp³-hybridized carbons (Fsp3) is 0.562. The molecular formula is C16H22N2O2. The number of likely N-dealkylation sites (tertiary alicyclic amines) is 1. The molecule has 1 aromatic carbocycles. The van der Waals surface area contributed by atoms with Crippen LogP contribution in [0.2, 0.25) is 0 Å². The van der Waals surface area contributed by atoms with Gasteiger partial charge in [-0.3, -0.25) is 0 Å². The second-order valence-electron chi connectivity index (χ2n) is 5.51. The number of rotatable bonds is 5. The Labute approximate surface area is 119 Å². The number of hydrogen-bond donors (Lipinski definition) is 0. The minimum absolute atomic E-state index is 0.464. The zero-order valence-electron chi connectivity index (χ0n) is 12.0. The molecule has 20 heavy (non-hydrogen) atoms. The summed E-state index contributed by atoms with van der Waals surface area (Å²) in [4.78, 5) is 2.53. The van der Waals surface area contributed by atoms with Crippen LogP contribution in [0.5, 0.6) is 0 Å². The van der Waals surface area contributed by atoms with Crippen LogP contribution in [0.15, 0.2) is 28.8 Å². The smallest absolute Gasteiger partial charge is 0.167 e. The van der Waals surface area contributed by atoms with Crippen molar-refractivity contribution in [2.24, 2.45) is 0 Å². The van der Waals surface area contributed by atoms with Crippen molar-refractivity contribution in [1.82, 2.24) is 10.1 Å². The first-order chi connectivity index (χ1) is 9.86. The van der Waals surface area contributed by atoms with Crippen LogP contribution in [0.1, 0.15) is 25.0 Å². The number of methoxy groups -OCH3 is 1. The Bertz CT molecular complexity index is 544. The van der Waals surface area contributed by atoms with Gasteiger partial charge in [-0.25, -0.2) is 0 Å². The first-order valence-corrected chi connectivity index (χ1v) is 7.45. The van der Waals surface area contributed by atoms with E-state index in [2.05, 4.69) is 16.1 Å². The maximum atomic E-state index is 5.40. The summed E-state index contributed by atoms with van der Waals surface area (Å²) >= 11 is 0. The van der Waals surface area contributed by atoms with Crippen molar-refractivity contribution < 1.29 is 9.26 Å². The van der Waals surface area contributed by atoms with Crippen molar-refractivity contribution in [2.45, 2.75) is 31.8 Å². The summed E-state index contributed by atoms with van der Waals surface area (Å²) in [6, 6.07) is 8.09. The summed E-state index contributed by atoms with van der Waals surface area (Å²) < 4.78 is 10.7. The Balaban J connectivity index is 1.48. The summed E-state index contributed by atoms with van der Waals surface area (Å²) in [5.41, 5.74) is 1.98. The van der Waals surface area contributed by atoms with E-state index in [0.29, 0.717) is 6.10 Å². The van der Waals surface area contributed by atoms with Crippen molar-refractivity contribution in [3.8, 4) is 0 Å². The quantitative estimate of drug-likeness (QED) is 0.840. The monoisotopic (exact) mass is 274 g/mol. The molecule has 1 aliphatic heterocycles. The van der Waals surface area contributed by atoms with E-state index in [0.717, 1.165) is 62.0 Å². The molecule has 4 heteroatoms. The van der Waals surface area contributed by atoms with E-state index in [9.17, 15) is 0 Å². The van der Waals surface area contributed by atoms with Crippen LogP contribution in [0.4, 0.5) is 0 Å². The van der Waals surface area contributed by atoms with Crippen LogP contribution in [-0.4, -0.2) is 42.9 Å². The van der Waals surface area contributed by atoms with E-state index >= 15 is 0 Å². The summed E-state index contributed by atoms with van der Waals surface area (Å²) in [5, 5.41) is 5.35. The average molecular weight is 274 g/mol. The SMILES string of the molecule is COC1CCN(CCCc2noc3ccccc23)CC1. The van der Waals surface area contributed by atoms with E-state index < -0.39 is 0 Å². The lowest BCUT2D eigenvalue weighted by atomic mass is 10.1. The molecule has 0 saturated carbocycles. The lowest BCUT2D eigenvalue weighted by Gasteiger charge is -2.31. The maximum absolute atomic E-state index is 5.40. The number of para-hydroxylation sites is 1. The molecule has 0 atom stereocenters. The molecule has 108 valence electrons. The first kappa shape index (κ1) is 13.6. The zero-order valence-corrected chi connectivity index (χ0v) is 12.0. The van der Waals surface area contributed by atoms with E-state index in [1.165, 1.54) is 0 Å². The molecule has 2 heterocycles. The van der Waals surface area contributed by atoms with Crippen molar-refractivity contribution in [3.05, 3.63) is 30.0 Å². The Hall–Kier alpha value is -1.39. The van der Waals surface area contributed by atoms with Gasteiger partial charge in [0, 0.05) is 25.6 Å². The van der Waals surface area contributed by atoms with E-state index in [1.807, 2.05) is 25.3 Å². The molecule has 0 bridgehead atoms. The Morgan fingerprint density at radius 2 is 2.10 bits per heavy atom. The summed E-state index contributed by atoms with van der Waals surface area (Å²) in [7, 11) is 1.82. The van der Waals surface area contributed by atoms with E-state index in [4.69, 9.17) is 9.26 Å². The highest BCUT2D eigenvalue weighted by Gasteiger charge is 2.18. The minimum Gasteiger partial charge on any atom is -0.381 e. The summed E-state index contributed by atoms with van der Waals surface area (Å²) in [5.74, 6) is 0. The number of piperidine rings is 1. The highest BCUT2D eigenvalue weighted by atomic mass is 16.5. The predicted octanol–water partition coefficient (Wildman–Crippen LogP) is 2.87. The Morgan fingerprint density at radius 3 is 2.90 bits per heavy atom. The van der Waals surface area contributed by atoms with Crippen LogP contribution >= 0.6 is 0 Å². The molecule has 0 aliphatic carbocycles. The van der Waals surface area contributed by atoms with E-state index in [-0.39, 0.29) is 0 Å². The maximum Gasteiger partial charge on any atom is 0.167 e. The van der Waals surface area contributed by atoms with Gasteiger partial charge in [-0.2, -0.15) is 0 Å². The van der Waals surface area contributed by atoms with Gasteiger partial charge < -0.3 is 14.2 Å². The van der Waals surface area contributed by atoms with Crippen molar-refractivity contribution in [2.75, 3.05) is 26.7 Å². The zero-order chi connectivity index (χ0) is 13.8. The molecule has 4 nitrogen and oxygen atoms in total. The molecule has 1 aromatic heterocycles. The number of nitrogens with zero attached hydrogens (tertiary/aromatic N) is 2. The third-order valence-corrected chi connectivity index (χ3v) is 4.21. The van der Waals surface area contributed by atoms with Crippen LogP contribution in [0.25, 0.3) is 11.0 Å². The summed E-state index contributed by atoms with van der Waals surface area (Å²) in [6.45, 7) is 3.44. The average Bonchev–Trinajstić information content (AvgIpc) is 2.92. The third kappa shape index (κ3) is 3.02. The highest BCUT2D eigenvalue weighted by Crippen LogP contribution is 2.19. The van der Waals surface area contributed by atoms with Crippen LogP contribution in [-0.2, 0) is 11.2 Å². The Kier molecular flexibility index (Phi) is 4.33. The molecule has 3 rings (SSSR count). The van der Waals surface area contributed by atoms with Gasteiger partial charge in [0.15, 0.2) is 5.58 Å². The Morgan fingerprint density at radius 1 is 1.30 bits per heavy atom. The van der Waals surface area contributed by atoms with Crippen molar-refractivity contribution >= 4 is 11.0 Å². The molecule has 0 unspecified atom stereocenters. The fourth-order valence-electron chi connectivity index (χ4n) is 2.96. The minimum atomic E-state index is 0.464. The molecule has 1 saturated heterocycles. The first-order valence-electron chi connectivity index (χ1n) is 7.45. The predicted molar refractivity (Wildman–Crippen MR) is 78.8 cm³/mol. The molecule has 0 radical (unpaired) electrons. The number of fused-ring (bicyclic) bond motifs is 1. The third-order valence-electron chi connectivity index (χ3n) is 4.21. The van der Waals surface area contributed by atoms with E-state index in [1.54, 1.807) is 0 Å². The van der Waals surface area contributed by atoms with Crippen LogP contribution < -0.4 is 0 Å². The van der Waals surface area contributed by atoms with Gasteiger partial charge in [0.2, 0.25) is 0 Å². The molecule has 2 aromatic rings. The number of aromatic nitrogens is 1. The number of benzene rings is 1. The van der Waals surface area contributed by atoms with Gasteiger partial charge in [0.05, 0.1) is 11.8 Å². The van der Waals surface area contributed by atoms with Gasteiger partial charge >= 0.3 is 0 Å². The number of aryl methyl sites for hydroxylation is 1. The number of ether oxygens (including phenoxy) is 1. The molecule has 1 fully saturated rings. The lowest BCUT2D eigenvalue weighted by Crippen LogP contribution is -2.37. The molecule has 0 amide bonds. The van der Waals surface area contributed by atoms with Gasteiger partial charge in [-0.05, 0) is 44.4 Å². The molecule has 0 spiro atoms. The highest BCUT2D eigenvalue weighted by molar-refractivity contribution is 5.79. The lowest BCUT2D eigenvalue weighted by molar-refractivity contribution is 0.0409. The van der Waals surface area contributed by atoms with Crippen molar-refractivity contribution in [1.29, 1.82) is 0 Å². The van der Waals surface area contributed by atoms with Gasteiger partial charge in [0.25, 0.3) is 0 Å². The largest absolute Gasteiger partial charge is 0.381 e. The van der Waals surface area contributed by atoms with Crippen molar-refractivity contribution in [3.63, 3.8) is 0 Å². The normalized spacial score (nSPS) is 17.9. The van der Waals surface area contributed by atoms with Gasteiger partial charge in [-0.1, -0.05) is 17.3 Å². The van der Waals surface area contributed by atoms with Gasteiger partial charge in [0.1, 0.15) is 0 Å². The standard InChI is InChI=1S/C16H22N2O2/c1-19-13-8-11-18(12-9-13)10-4-6-15-14-5-2-3-7-16(14)20-17-15/h2-3,5,7,13H,4,6,8-12H2,1H3. The summed E-state index contributed by atoms with van der Waals surface area (Å²) in [6.07, 6.45) is 4.90. The molecule has 0 N–H and O–H groups in total. The fourth-order valence-corrected chi connectivity index (χ4v) is 2.96. The second kappa shape index (κ2) is 6.37. The number of hydrogen-bond acceptors (Lipinski definition) is 4. The topological polar surface area (TPSA) is 38.5 Å². The second-order valence-corrected chi connectivity index (χ2v) is 5.51. The van der Waals surface area contributed by atoms with Crippen LogP contribution in [0, 0.1) is 0 Å². The molecule has 1 aliphatic rings. The van der Waals surface area contributed by atoms with Crippen LogP contribution in [0.3, 0.4) is 0 Å².